The number of carboxylic acid groups (broad SMARTS) is 1. The number of hydrogen-bond acceptors (Lipinski definition) is 3. The zero-order valence-electron chi connectivity index (χ0n) is 7.44. The summed E-state index contributed by atoms with van der Waals surface area (Å²) in [5.74, 6) is -0.782. The zero-order valence-corrected chi connectivity index (χ0v) is 7.44. The monoisotopic (exact) mass is 177 g/mol. The lowest BCUT2D eigenvalue weighted by Gasteiger charge is -2.13. The minimum Gasteiger partial charge on any atom is -0.480 e. The third-order valence-corrected chi connectivity index (χ3v) is 1.13. The van der Waals surface area contributed by atoms with Crippen LogP contribution >= 0.6 is 0 Å². The fraction of sp³-hybridized carbons (Fsp3) is 0.667. The Hall–Kier alpha value is -1.30. The Morgan fingerprint density at radius 2 is 1.58 bits per heavy atom. The first kappa shape index (κ1) is 13.3. The number of carbonyl (C=O) groups excluding carboxylic acids is 1. The Balaban J connectivity index is 0. The largest absolute Gasteiger partial charge is 0.480 e. The SMILES string of the molecule is CC(C(=O)O)N(C)C.NC(N)=O. The quantitative estimate of drug-likeness (QED) is 0.504. The number of rotatable bonds is 2. The summed E-state index contributed by atoms with van der Waals surface area (Å²) in [7, 11) is 3.47. The molecule has 0 saturated heterocycles. The Kier molecular flexibility index (Phi) is 7.11. The smallest absolute Gasteiger partial charge is 0.320 e. The van der Waals surface area contributed by atoms with Crippen LogP contribution in [0.1, 0.15) is 6.92 Å². The van der Waals surface area contributed by atoms with Gasteiger partial charge in [-0.1, -0.05) is 0 Å². The summed E-state index contributed by atoms with van der Waals surface area (Å²) >= 11 is 0. The molecule has 1 unspecified atom stereocenters. The van der Waals surface area contributed by atoms with Gasteiger partial charge in [-0.2, -0.15) is 0 Å². The summed E-state index contributed by atoms with van der Waals surface area (Å²) in [6.45, 7) is 1.64. The lowest BCUT2D eigenvalue weighted by molar-refractivity contribution is -0.141. The van der Waals surface area contributed by atoms with Gasteiger partial charge in [0.25, 0.3) is 0 Å². The second-order valence-corrected chi connectivity index (χ2v) is 2.38. The van der Waals surface area contributed by atoms with E-state index in [0.717, 1.165) is 0 Å². The van der Waals surface area contributed by atoms with Crippen molar-refractivity contribution in [1.29, 1.82) is 0 Å². The molecule has 2 amide bonds. The third kappa shape index (κ3) is 11.5. The van der Waals surface area contributed by atoms with E-state index in [4.69, 9.17) is 9.90 Å². The van der Waals surface area contributed by atoms with E-state index in [1.165, 1.54) is 0 Å². The first-order chi connectivity index (χ1) is 5.29. The summed E-state index contributed by atoms with van der Waals surface area (Å²) in [6, 6.07) is -1.21. The Morgan fingerprint density at radius 3 is 1.58 bits per heavy atom. The van der Waals surface area contributed by atoms with Crippen molar-refractivity contribution in [3.05, 3.63) is 0 Å². The predicted octanol–water partition coefficient (Wildman–Crippen LogP) is -0.955. The number of urea groups is 1. The van der Waals surface area contributed by atoms with Crippen molar-refractivity contribution >= 4 is 12.0 Å². The second kappa shape index (κ2) is 6.41. The van der Waals surface area contributed by atoms with Crippen LogP contribution in [-0.2, 0) is 4.79 Å². The fourth-order valence-electron chi connectivity index (χ4n) is 0.221. The van der Waals surface area contributed by atoms with E-state index in [1.54, 1.807) is 25.9 Å². The van der Waals surface area contributed by atoms with Crippen molar-refractivity contribution in [3.8, 4) is 0 Å². The highest BCUT2D eigenvalue weighted by Crippen LogP contribution is 1.88. The number of primary amides is 2. The molecule has 6 heteroatoms. The second-order valence-electron chi connectivity index (χ2n) is 2.38. The average molecular weight is 177 g/mol. The predicted molar refractivity (Wildman–Crippen MR) is 44.6 cm³/mol. The Morgan fingerprint density at radius 1 is 1.33 bits per heavy atom. The minimum atomic E-state index is -0.833. The topological polar surface area (TPSA) is 110 Å². The number of carbonyl (C=O) groups is 2. The van der Waals surface area contributed by atoms with Crippen molar-refractivity contribution in [2.45, 2.75) is 13.0 Å². The molecular formula is C6H15N3O3. The van der Waals surface area contributed by atoms with Crippen LogP contribution in [0, 0.1) is 0 Å². The molecule has 0 aliphatic heterocycles. The molecule has 0 bridgehead atoms. The normalized spacial score (nSPS) is 11.3. The molecule has 12 heavy (non-hydrogen) atoms. The van der Waals surface area contributed by atoms with Gasteiger partial charge in [-0.25, -0.2) is 4.79 Å². The maximum atomic E-state index is 10.1. The zero-order chi connectivity index (χ0) is 10.3. The fourth-order valence-corrected chi connectivity index (χ4v) is 0.221. The van der Waals surface area contributed by atoms with E-state index in [1.807, 2.05) is 0 Å². The van der Waals surface area contributed by atoms with Crippen LogP contribution in [0.3, 0.4) is 0 Å². The van der Waals surface area contributed by atoms with Gasteiger partial charge in [0.15, 0.2) is 0 Å². The number of nitrogens with zero attached hydrogens (tertiary/aromatic N) is 1. The highest BCUT2D eigenvalue weighted by molar-refractivity contribution is 5.72. The van der Waals surface area contributed by atoms with Gasteiger partial charge in [0, 0.05) is 0 Å². The van der Waals surface area contributed by atoms with Gasteiger partial charge in [-0.15, -0.1) is 0 Å². The van der Waals surface area contributed by atoms with Crippen LogP contribution in [0.25, 0.3) is 0 Å². The van der Waals surface area contributed by atoms with Crippen LogP contribution in [0.15, 0.2) is 0 Å². The third-order valence-electron chi connectivity index (χ3n) is 1.13. The van der Waals surface area contributed by atoms with Crippen LogP contribution in [0.2, 0.25) is 0 Å². The maximum absolute atomic E-state index is 10.1. The van der Waals surface area contributed by atoms with E-state index < -0.39 is 12.0 Å². The Bertz CT molecular complexity index is 154. The minimum absolute atomic E-state index is 0.380. The number of hydrogen-bond donors (Lipinski definition) is 3. The summed E-state index contributed by atoms with van der Waals surface area (Å²) in [5.41, 5.74) is 8.50. The molecule has 5 N–H and O–H groups in total. The van der Waals surface area contributed by atoms with Gasteiger partial charge >= 0.3 is 12.0 Å². The van der Waals surface area contributed by atoms with Crippen LogP contribution in [-0.4, -0.2) is 42.1 Å². The van der Waals surface area contributed by atoms with Crippen molar-refractivity contribution in [3.63, 3.8) is 0 Å². The van der Waals surface area contributed by atoms with E-state index in [2.05, 4.69) is 11.5 Å². The highest BCUT2D eigenvalue weighted by atomic mass is 16.4. The van der Waals surface area contributed by atoms with Gasteiger partial charge in [0.1, 0.15) is 6.04 Å². The number of nitrogens with two attached hydrogens (primary N) is 2. The molecule has 0 radical (unpaired) electrons. The number of aliphatic carboxylic acids is 1. The van der Waals surface area contributed by atoms with E-state index >= 15 is 0 Å². The van der Waals surface area contributed by atoms with Crippen LogP contribution < -0.4 is 11.5 Å². The molecule has 1 atom stereocenters. The Labute approximate surface area is 71.1 Å². The lowest BCUT2D eigenvalue weighted by atomic mass is 10.3. The van der Waals surface area contributed by atoms with E-state index in [0.29, 0.717) is 0 Å². The standard InChI is InChI=1S/C5H11NO2.CH4N2O/c1-4(5(7)8)6(2)3;2-1(3)4/h4H,1-3H3,(H,7,8);(H4,2,3,4). The van der Waals surface area contributed by atoms with Gasteiger partial charge in [-0.05, 0) is 21.0 Å². The maximum Gasteiger partial charge on any atom is 0.320 e. The molecule has 0 saturated carbocycles. The van der Waals surface area contributed by atoms with Crippen molar-refractivity contribution < 1.29 is 14.7 Å². The first-order valence-electron chi connectivity index (χ1n) is 3.23. The van der Waals surface area contributed by atoms with E-state index in [9.17, 15) is 4.79 Å². The lowest BCUT2D eigenvalue weighted by Crippen LogP contribution is -2.32. The molecule has 0 fully saturated rings. The highest BCUT2D eigenvalue weighted by Gasteiger charge is 2.11. The average Bonchev–Trinajstić information content (AvgIpc) is 1.84. The van der Waals surface area contributed by atoms with Crippen molar-refractivity contribution in [1.82, 2.24) is 4.90 Å². The summed E-state index contributed by atoms with van der Waals surface area (Å²) in [5, 5.41) is 8.31. The van der Waals surface area contributed by atoms with Crippen molar-refractivity contribution in [2.24, 2.45) is 11.5 Å². The van der Waals surface area contributed by atoms with Gasteiger partial charge in [0.05, 0.1) is 0 Å². The van der Waals surface area contributed by atoms with Crippen LogP contribution in [0.5, 0.6) is 0 Å². The molecule has 0 rings (SSSR count). The summed E-state index contributed by atoms with van der Waals surface area (Å²) in [4.78, 5) is 20.7. The molecular weight excluding hydrogens is 162 g/mol. The molecule has 0 aliphatic carbocycles. The summed E-state index contributed by atoms with van der Waals surface area (Å²) in [6.07, 6.45) is 0. The molecule has 0 aromatic heterocycles. The molecule has 0 heterocycles. The van der Waals surface area contributed by atoms with Gasteiger partial charge in [0.2, 0.25) is 0 Å². The molecule has 6 nitrogen and oxygen atoms in total. The molecule has 0 aromatic rings. The van der Waals surface area contributed by atoms with Crippen molar-refractivity contribution in [2.75, 3.05) is 14.1 Å². The summed E-state index contributed by atoms with van der Waals surface area (Å²) < 4.78 is 0. The molecule has 72 valence electrons. The number of amides is 2. The van der Waals surface area contributed by atoms with Crippen LogP contribution in [0.4, 0.5) is 4.79 Å². The van der Waals surface area contributed by atoms with Gasteiger partial charge in [-0.3, -0.25) is 9.69 Å². The number of likely N-dealkylation sites (N-methyl/N-ethyl adjacent to an activating group) is 1. The van der Waals surface area contributed by atoms with Gasteiger partial charge < -0.3 is 16.6 Å². The first-order valence-corrected chi connectivity index (χ1v) is 3.23. The van der Waals surface area contributed by atoms with E-state index in [-0.39, 0.29) is 6.04 Å². The number of carboxylic acids is 1. The molecule has 0 aliphatic rings. The molecule has 0 spiro atoms. The molecule has 0 aromatic carbocycles.